The minimum absolute atomic E-state index is 0.343. The van der Waals surface area contributed by atoms with Crippen LogP contribution in [0.1, 0.15) is 5.56 Å². The first-order valence-corrected chi connectivity index (χ1v) is 8.09. The molecule has 2 rings (SSSR count). The number of pyridine rings is 1. The van der Waals surface area contributed by atoms with Crippen molar-refractivity contribution in [2.24, 2.45) is 10.7 Å². The Hall–Kier alpha value is -2.51. The van der Waals surface area contributed by atoms with Crippen LogP contribution >= 0.6 is 11.6 Å². The smallest absolute Gasteiger partial charge is 0.142 e. The van der Waals surface area contributed by atoms with E-state index in [-0.39, 0.29) is 0 Å². The number of ether oxygens (including phenoxy) is 1. The molecule has 1 heterocycles. The number of hydrogen-bond acceptors (Lipinski definition) is 6. The molecular formula is C17H23ClN6O. The van der Waals surface area contributed by atoms with Gasteiger partial charge in [-0.15, -0.1) is 0 Å². The number of methoxy groups -OCH3 is 1. The zero-order valence-corrected chi connectivity index (χ0v) is 15.3. The van der Waals surface area contributed by atoms with Gasteiger partial charge in [0.1, 0.15) is 16.7 Å². The number of amidine groups is 1. The van der Waals surface area contributed by atoms with Crippen molar-refractivity contribution >= 4 is 34.5 Å². The third-order valence-electron chi connectivity index (χ3n) is 3.47. The number of likely N-dealkylation sites (N-methyl/N-ethyl adjacent to an activating group) is 1. The third-order valence-corrected chi connectivity index (χ3v) is 3.68. The van der Waals surface area contributed by atoms with E-state index >= 15 is 0 Å². The summed E-state index contributed by atoms with van der Waals surface area (Å²) in [5, 5.41) is 3.60. The number of benzene rings is 1. The van der Waals surface area contributed by atoms with E-state index in [0.717, 1.165) is 6.54 Å². The number of nitrogens with one attached hydrogen (secondary N) is 1. The summed E-state index contributed by atoms with van der Waals surface area (Å²) in [5.74, 6) is 1.03. The van der Waals surface area contributed by atoms with Gasteiger partial charge >= 0.3 is 0 Å². The zero-order chi connectivity index (χ0) is 18.4. The molecule has 0 atom stereocenters. The molecule has 0 bridgehead atoms. The summed E-state index contributed by atoms with van der Waals surface area (Å²) in [5.41, 5.74) is 14.7. The van der Waals surface area contributed by atoms with Gasteiger partial charge in [0.25, 0.3) is 0 Å². The molecule has 0 fully saturated rings. The highest BCUT2D eigenvalue weighted by Gasteiger charge is 2.11. The number of anilines is 3. The molecule has 0 saturated heterocycles. The van der Waals surface area contributed by atoms with Gasteiger partial charge < -0.3 is 26.4 Å². The lowest BCUT2D eigenvalue weighted by molar-refractivity contribution is 0.417. The second kappa shape index (κ2) is 8.55. The van der Waals surface area contributed by atoms with Gasteiger partial charge in [0, 0.05) is 18.4 Å². The third kappa shape index (κ3) is 5.23. The topological polar surface area (TPSA) is 102 Å². The summed E-state index contributed by atoms with van der Waals surface area (Å²) in [6.07, 6.45) is 1.60. The maximum atomic E-state index is 6.14. The van der Waals surface area contributed by atoms with Crippen molar-refractivity contribution in [3.05, 3.63) is 41.2 Å². The zero-order valence-electron chi connectivity index (χ0n) is 14.6. The lowest BCUT2D eigenvalue weighted by Crippen LogP contribution is -2.20. The Kier molecular flexibility index (Phi) is 6.44. The highest BCUT2D eigenvalue weighted by atomic mass is 35.5. The number of halogens is 1. The molecule has 0 radical (unpaired) electrons. The number of aliphatic imine (C=N–C) groups is 1. The van der Waals surface area contributed by atoms with Gasteiger partial charge in [-0.25, -0.2) is 4.98 Å². The van der Waals surface area contributed by atoms with E-state index in [0.29, 0.717) is 45.9 Å². The molecule has 0 aliphatic carbocycles. The Labute approximate surface area is 152 Å². The van der Waals surface area contributed by atoms with Gasteiger partial charge in [-0.3, -0.25) is 4.99 Å². The van der Waals surface area contributed by atoms with E-state index in [1.54, 1.807) is 37.6 Å². The molecule has 1 aromatic carbocycles. The predicted octanol–water partition coefficient (Wildman–Crippen LogP) is 2.34. The first-order chi connectivity index (χ1) is 11.9. The van der Waals surface area contributed by atoms with Crippen LogP contribution in [0.2, 0.25) is 5.15 Å². The molecule has 7 nitrogen and oxygen atoms in total. The second-order valence-electron chi connectivity index (χ2n) is 5.71. The monoisotopic (exact) mass is 362 g/mol. The summed E-state index contributed by atoms with van der Waals surface area (Å²) in [6.45, 7) is 1.38. The van der Waals surface area contributed by atoms with Crippen molar-refractivity contribution in [1.29, 1.82) is 0 Å². The predicted molar refractivity (Wildman–Crippen MR) is 104 cm³/mol. The molecule has 0 spiro atoms. The summed E-state index contributed by atoms with van der Waals surface area (Å²) in [7, 11) is 5.55. The highest BCUT2D eigenvalue weighted by Crippen LogP contribution is 2.31. The Morgan fingerprint density at radius 1 is 1.32 bits per heavy atom. The van der Waals surface area contributed by atoms with E-state index < -0.39 is 0 Å². The second-order valence-corrected chi connectivity index (χ2v) is 6.09. The number of nitrogen functional groups attached to an aromatic ring is 1. The van der Waals surface area contributed by atoms with Crippen LogP contribution in [0.3, 0.4) is 0 Å². The minimum atomic E-state index is 0.343. The SMILES string of the molecule is COc1ccc(N)cc1Nc1cc(Cl)ncc1C(N)=NCCN(C)C. The summed E-state index contributed by atoms with van der Waals surface area (Å²) in [4.78, 5) is 10.5. The van der Waals surface area contributed by atoms with Crippen LogP contribution in [-0.2, 0) is 0 Å². The van der Waals surface area contributed by atoms with Crippen LogP contribution in [0.15, 0.2) is 35.5 Å². The average molecular weight is 363 g/mol. The molecule has 1 aromatic heterocycles. The van der Waals surface area contributed by atoms with Crippen molar-refractivity contribution in [3.63, 3.8) is 0 Å². The molecule has 0 amide bonds. The highest BCUT2D eigenvalue weighted by molar-refractivity contribution is 6.29. The van der Waals surface area contributed by atoms with Crippen LogP contribution in [-0.4, -0.2) is 50.0 Å². The van der Waals surface area contributed by atoms with Crippen molar-refractivity contribution in [2.45, 2.75) is 0 Å². The van der Waals surface area contributed by atoms with Gasteiger partial charge in [0.15, 0.2) is 0 Å². The lowest BCUT2D eigenvalue weighted by Gasteiger charge is -2.15. The first-order valence-electron chi connectivity index (χ1n) is 7.72. The van der Waals surface area contributed by atoms with Crippen LogP contribution in [0.4, 0.5) is 17.1 Å². The summed E-state index contributed by atoms with van der Waals surface area (Å²) >= 11 is 6.04. The van der Waals surface area contributed by atoms with Crippen molar-refractivity contribution in [2.75, 3.05) is 45.3 Å². The van der Waals surface area contributed by atoms with Gasteiger partial charge in [-0.2, -0.15) is 0 Å². The lowest BCUT2D eigenvalue weighted by atomic mass is 10.2. The Morgan fingerprint density at radius 2 is 2.08 bits per heavy atom. The molecular weight excluding hydrogens is 340 g/mol. The fraction of sp³-hybridized carbons (Fsp3) is 0.294. The fourth-order valence-electron chi connectivity index (χ4n) is 2.16. The standard InChI is InChI=1S/C17H23ClN6O/c1-24(2)7-6-21-17(20)12-10-22-16(18)9-13(12)23-14-8-11(19)4-5-15(14)25-3/h4-5,8-10H,6-7,19H2,1-3H3,(H2,20,21)(H,22,23). The Morgan fingerprint density at radius 3 is 2.76 bits per heavy atom. The number of hydrogen-bond donors (Lipinski definition) is 3. The van der Waals surface area contributed by atoms with Gasteiger partial charge in [-0.1, -0.05) is 11.6 Å². The van der Waals surface area contributed by atoms with Crippen molar-refractivity contribution in [3.8, 4) is 5.75 Å². The Bertz CT molecular complexity index is 763. The number of aromatic nitrogens is 1. The molecule has 0 unspecified atom stereocenters. The average Bonchev–Trinajstić information content (AvgIpc) is 2.54. The number of nitrogens with two attached hydrogens (primary N) is 2. The maximum absolute atomic E-state index is 6.14. The maximum Gasteiger partial charge on any atom is 0.142 e. The van der Waals surface area contributed by atoms with Crippen molar-refractivity contribution < 1.29 is 4.74 Å². The minimum Gasteiger partial charge on any atom is -0.495 e. The van der Waals surface area contributed by atoms with Crippen LogP contribution in [0, 0.1) is 0 Å². The van der Waals surface area contributed by atoms with E-state index in [1.165, 1.54) is 0 Å². The van der Waals surface area contributed by atoms with E-state index in [1.807, 2.05) is 19.0 Å². The fourth-order valence-corrected chi connectivity index (χ4v) is 2.32. The molecule has 134 valence electrons. The van der Waals surface area contributed by atoms with Crippen LogP contribution < -0.4 is 21.5 Å². The van der Waals surface area contributed by atoms with Crippen LogP contribution in [0.25, 0.3) is 0 Å². The largest absolute Gasteiger partial charge is 0.495 e. The quantitative estimate of drug-likeness (QED) is 0.302. The van der Waals surface area contributed by atoms with Gasteiger partial charge in [0.05, 0.1) is 30.6 Å². The van der Waals surface area contributed by atoms with E-state index in [9.17, 15) is 0 Å². The van der Waals surface area contributed by atoms with Crippen molar-refractivity contribution in [1.82, 2.24) is 9.88 Å². The summed E-state index contributed by atoms with van der Waals surface area (Å²) < 4.78 is 5.36. The molecule has 0 aliphatic heterocycles. The molecule has 0 aliphatic rings. The first kappa shape index (κ1) is 18.8. The van der Waals surface area contributed by atoms with Gasteiger partial charge in [-0.05, 0) is 38.4 Å². The Balaban J connectivity index is 2.35. The normalized spacial score (nSPS) is 11.6. The molecule has 5 N–H and O–H groups in total. The van der Waals surface area contributed by atoms with Crippen LogP contribution in [0.5, 0.6) is 5.75 Å². The molecule has 0 saturated carbocycles. The molecule has 8 heteroatoms. The summed E-state index contributed by atoms with van der Waals surface area (Å²) in [6, 6.07) is 7.01. The van der Waals surface area contributed by atoms with Gasteiger partial charge in [0.2, 0.25) is 0 Å². The van der Waals surface area contributed by atoms with E-state index in [4.69, 9.17) is 27.8 Å². The number of rotatable bonds is 7. The molecule has 2 aromatic rings. The molecule has 25 heavy (non-hydrogen) atoms. The van der Waals surface area contributed by atoms with E-state index in [2.05, 4.69) is 15.3 Å². The number of nitrogens with zero attached hydrogens (tertiary/aromatic N) is 3.